The van der Waals surface area contributed by atoms with Gasteiger partial charge in [0.1, 0.15) is 5.78 Å². The fraction of sp³-hybridized carbons (Fsp3) is 0.440. The van der Waals surface area contributed by atoms with Crippen LogP contribution in [-0.4, -0.2) is 24.4 Å². The lowest BCUT2D eigenvalue weighted by molar-refractivity contribution is -0.139. The predicted molar refractivity (Wildman–Crippen MR) is 114 cm³/mol. The number of carbonyl (C=O) groups excluding carboxylic acids is 2. The molecule has 1 saturated carbocycles. The minimum absolute atomic E-state index is 0.0217. The van der Waals surface area contributed by atoms with Crippen LogP contribution in [0, 0.1) is 11.3 Å². The Morgan fingerprint density at radius 3 is 2.66 bits per heavy atom. The second kappa shape index (κ2) is 7.33. The number of nitrogens with one attached hydrogen (secondary N) is 1. The van der Waals surface area contributed by atoms with Gasteiger partial charge < -0.3 is 10.1 Å². The van der Waals surface area contributed by atoms with E-state index >= 15 is 0 Å². The second-order valence-corrected chi connectivity index (χ2v) is 9.09. The van der Waals surface area contributed by atoms with Gasteiger partial charge >= 0.3 is 5.97 Å². The number of esters is 1. The molecule has 1 aliphatic carbocycles. The van der Waals surface area contributed by atoms with Gasteiger partial charge in [-0.25, -0.2) is 4.79 Å². The Labute approximate surface area is 172 Å². The van der Waals surface area contributed by atoms with Gasteiger partial charge in [0, 0.05) is 30.0 Å². The van der Waals surface area contributed by atoms with Crippen LogP contribution >= 0.6 is 0 Å². The zero-order valence-corrected chi connectivity index (χ0v) is 17.6. The normalized spacial score (nSPS) is 26.1. The minimum Gasteiger partial charge on any atom is -0.463 e. The number of carbonyl (C=O) groups is 2. The van der Waals surface area contributed by atoms with Crippen molar-refractivity contribution < 1.29 is 14.3 Å². The van der Waals surface area contributed by atoms with Crippen LogP contribution in [0.25, 0.3) is 10.8 Å². The van der Waals surface area contributed by atoms with Crippen LogP contribution in [0.2, 0.25) is 0 Å². The van der Waals surface area contributed by atoms with Crippen molar-refractivity contribution in [1.82, 2.24) is 5.32 Å². The van der Waals surface area contributed by atoms with Gasteiger partial charge in [-0.2, -0.15) is 0 Å². The highest BCUT2D eigenvalue weighted by molar-refractivity contribution is 5.97. The molecule has 1 fully saturated rings. The molecule has 2 aliphatic rings. The van der Waals surface area contributed by atoms with E-state index < -0.39 is 0 Å². The van der Waals surface area contributed by atoms with E-state index in [1.807, 2.05) is 32.0 Å². The summed E-state index contributed by atoms with van der Waals surface area (Å²) in [6, 6.07) is 14.4. The molecule has 1 N–H and O–H groups in total. The van der Waals surface area contributed by atoms with E-state index in [2.05, 4.69) is 43.4 Å². The summed E-state index contributed by atoms with van der Waals surface area (Å²) < 4.78 is 5.42. The van der Waals surface area contributed by atoms with Crippen molar-refractivity contribution in [2.24, 2.45) is 11.3 Å². The molecule has 0 amide bonds. The molecule has 4 heteroatoms. The summed E-state index contributed by atoms with van der Waals surface area (Å²) in [7, 11) is 0. The molecule has 0 spiro atoms. The summed E-state index contributed by atoms with van der Waals surface area (Å²) in [6.45, 7) is 8.36. The lowest BCUT2D eigenvalue weighted by Gasteiger charge is -2.47. The standard InChI is InChI=1S/C25H29NO3/c1-5-29-24(28)21-15(2)26-19-13-25(3,4)14-20(27)23(19)22(21)18-12-8-10-16-9-6-7-11-17(16)18/h6-12,19,22-23,26H,5,13-14H2,1-4H3/t19-,22-,23-/m1/s1. The molecule has 3 atom stereocenters. The van der Waals surface area contributed by atoms with Crippen LogP contribution in [0.4, 0.5) is 0 Å². The summed E-state index contributed by atoms with van der Waals surface area (Å²) in [6.07, 6.45) is 1.43. The molecule has 0 saturated heterocycles. The molecule has 0 bridgehead atoms. The van der Waals surface area contributed by atoms with Crippen molar-refractivity contribution in [1.29, 1.82) is 0 Å². The van der Waals surface area contributed by atoms with E-state index in [0.717, 1.165) is 28.5 Å². The van der Waals surface area contributed by atoms with Crippen LogP contribution in [-0.2, 0) is 14.3 Å². The number of ketones is 1. The zero-order chi connectivity index (χ0) is 20.8. The largest absolute Gasteiger partial charge is 0.463 e. The quantitative estimate of drug-likeness (QED) is 0.768. The molecule has 1 aliphatic heterocycles. The van der Waals surface area contributed by atoms with Gasteiger partial charge in [-0.3, -0.25) is 4.79 Å². The minimum atomic E-state index is -0.327. The number of benzene rings is 2. The fourth-order valence-corrected chi connectivity index (χ4v) is 5.30. The van der Waals surface area contributed by atoms with Crippen LogP contribution in [0.15, 0.2) is 53.7 Å². The average Bonchev–Trinajstić information content (AvgIpc) is 2.65. The van der Waals surface area contributed by atoms with E-state index in [9.17, 15) is 9.59 Å². The number of Topliss-reactive ketones (excluding diaryl/α,β-unsaturated/α-hetero) is 1. The van der Waals surface area contributed by atoms with Crippen molar-refractivity contribution >= 4 is 22.5 Å². The number of fused-ring (bicyclic) bond motifs is 2. The van der Waals surface area contributed by atoms with E-state index in [0.29, 0.717) is 18.6 Å². The number of hydrogen-bond acceptors (Lipinski definition) is 4. The zero-order valence-electron chi connectivity index (χ0n) is 17.6. The summed E-state index contributed by atoms with van der Waals surface area (Å²) in [5, 5.41) is 5.71. The molecule has 4 nitrogen and oxygen atoms in total. The van der Waals surface area contributed by atoms with Gasteiger partial charge in [0.05, 0.1) is 12.2 Å². The summed E-state index contributed by atoms with van der Waals surface area (Å²) >= 11 is 0. The number of rotatable bonds is 3. The van der Waals surface area contributed by atoms with E-state index in [1.165, 1.54) is 0 Å². The molecule has 0 unspecified atom stereocenters. The van der Waals surface area contributed by atoms with Crippen molar-refractivity contribution in [3.05, 3.63) is 59.3 Å². The Bertz CT molecular complexity index is 999. The molecule has 0 aromatic heterocycles. The summed E-state index contributed by atoms with van der Waals surface area (Å²) in [5.74, 6) is -0.663. The molecular weight excluding hydrogens is 362 g/mol. The highest BCUT2D eigenvalue weighted by atomic mass is 16.5. The van der Waals surface area contributed by atoms with Crippen LogP contribution < -0.4 is 5.32 Å². The monoisotopic (exact) mass is 391 g/mol. The Morgan fingerprint density at radius 1 is 1.17 bits per heavy atom. The number of hydrogen-bond donors (Lipinski definition) is 1. The fourth-order valence-electron chi connectivity index (χ4n) is 5.30. The second-order valence-electron chi connectivity index (χ2n) is 9.09. The van der Waals surface area contributed by atoms with Crippen molar-refractivity contribution in [3.63, 3.8) is 0 Å². The molecule has 1 heterocycles. The van der Waals surface area contributed by atoms with Gasteiger partial charge in [-0.1, -0.05) is 56.3 Å². The third-order valence-electron chi connectivity index (χ3n) is 6.36. The maximum absolute atomic E-state index is 13.4. The van der Waals surface area contributed by atoms with Crippen molar-refractivity contribution in [2.75, 3.05) is 6.61 Å². The van der Waals surface area contributed by atoms with E-state index in [1.54, 1.807) is 0 Å². The molecule has 4 rings (SSSR count). The average molecular weight is 392 g/mol. The maximum Gasteiger partial charge on any atom is 0.336 e. The van der Waals surface area contributed by atoms with Gasteiger partial charge in [0.25, 0.3) is 0 Å². The third kappa shape index (κ3) is 3.45. The smallest absolute Gasteiger partial charge is 0.336 e. The highest BCUT2D eigenvalue weighted by Gasteiger charge is 2.50. The van der Waals surface area contributed by atoms with Crippen LogP contribution in [0.5, 0.6) is 0 Å². The van der Waals surface area contributed by atoms with Gasteiger partial charge in [0.15, 0.2) is 0 Å². The number of ether oxygens (including phenoxy) is 1. The first-order valence-electron chi connectivity index (χ1n) is 10.5. The Hall–Kier alpha value is -2.62. The van der Waals surface area contributed by atoms with E-state index in [4.69, 9.17) is 4.74 Å². The molecule has 2 aromatic rings. The van der Waals surface area contributed by atoms with Gasteiger partial charge in [0.2, 0.25) is 0 Å². The maximum atomic E-state index is 13.4. The van der Waals surface area contributed by atoms with Crippen molar-refractivity contribution in [2.45, 2.75) is 52.5 Å². The van der Waals surface area contributed by atoms with E-state index in [-0.39, 0.29) is 35.0 Å². The summed E-state index contributed by atoms with van der Waals surface area (Å²) in [4.78, 5) is 26.4. The predicted octanol–water partition coefficient (Wildman–Crippen LogP) is 4.74. The number of allylic oxidation sites excluding steroid dienone is 1. The first-order chi connectivity index (χ1) is 13.8. The topological polar surface area (TPSA) is 55.4 Å². The molecule has 29 heavy (non-hydrogen) atoms. The third-order valence-corrected chi connectivity index (χ3v) is 6.36. The van der Waals surface area contributed by atoms with Crippen LogP contribution in [0.3, 0.4) is 0 Å². The molecule has 152 valence electrons. The Balaban J connectivity index is 1.93. The first-order valence-corrected chi connectivity index (χ1v) is 10.5. The molecular formula is C25H29NO3. The van der Waals surface area contributed by atoms with Gasteiger partial charge in [-0.05, 0) is 42.0 Å². The lowest BCUT2D eigenvalue weighted by atomic mass is 9.61. The first kappa shape index (κ1) is 19.7. The highest BCUT2D eigenvalue weighted by Crippen LogP contribution is 2.49. The Kier molecular flexibility index (Phi) is 4.97. The molecule has 2 aromatic carbocycles. The van der Waals surface area contributed by atoms with Crippen LogP contribution in [0.1, 0.15) is 52.0 Å². The summed E-state index contributed by atoms with van der Waals surface area (Å²) in [5.41, 5.74) is 2.41. The molecule has 0 radical (unpaired) electrons. The Morgan fingerprint density at radius 2 is 1.90 bits per heavy atom. The van der Waals surface area contributed by atoms with Gasteiger partial charge in [-0.15, -0.1) is 0 Å². The SMILES string of the molecule is CCOC(=O)C1=C(C)N[C@@H]2CC(C)(C)CC(=O)[C@@H]2[C@@H]1c1cccc2ccccc12. The van der Waals surface area contributed by atoms with Crippen molar-refractivity contribution in [3.8, 4) is 0 Å². The lowest BCUT2D eigenvalue weighted by Crippen LogP contribution is -2.54.